The standard InChI is InChI=1S/C20H17F3N4O4/c1-12(28)13-6-7-17(24-10-13)26-18(29)14-8-9-25-27(19(14)30)15-4-2-3-5-16(15)31-11-20(21,22)23/h2-10,12,28H,11H2,1H3,(H,24,26,29)/t12-/m1/s1. The number of aliphatic hydroxyl groups excluding tert-OH is 1. The number of amides is 1. The van der Waals surface area contributed by atoms with E-state index in [1.54, 1.807) is 13.0 Å². The Labute approximate surface area is 173 Å². The van der Waals surface area contributed by atoms with Crippen molar-refractivity contribution in [2.45, 2.75) is 19.2 Å². The fourth-order valence-corrected chi connectivity index (χ4v) is 2.58. The van der Waals surface area contributed by atoms with Crippen LogP contribution in [0.25, 0.3) is 5.69 Å². The van der Waals surface area contributed by atoms with Gasteiger partial charge in [-0.05, 0) is 36.8 Å². The second kappa shape index (κ2) is 8.96. The van der Waals surface area contributed by atoms with Gasteiger partial charge in [-0.25, -0.2) is 4.98 Å². The summed E-state index contributed by atoms with van der Waals surface area (Å²) in [7, 11) is 0. The fourth-order valence-electron chi connectivity index (χ4n) is 2.58. The van der Waals surface area contributed by atoms with Crippen LogP contribution in [0.3, 0.4) is 0 Å². The van der Waals surface area contributed by atoms with Gasteiger partial charge in [0, 0.05) is 12.4 Å². The van der Waals surface area contributed by atoms with E-state index < -0.39 is 30.4 Å². The fraction of sp³-hybridized carbons (Fsp3) is 0.200. The molecule has 31 heavy (non-hydrogen) atoms. The number of nitrogens with one attached hydrogen (secondary N) is 1. The highest BCUT2D eigenvalue weighted by Gasteiger charge is 2.29. The summed E-state index contributed by atoms with van der Waals surface area (Å²) in [6.45, 7) is 0.0119. The zero-order valence-corrected chi connectivity index (χ0v) is 16.1. The molecule has 0 aliphatic heterocycles. The lowest BCUT2D eigenvalue weighted by molar-refractivity contribution is -0.153. The second-order valence-electron chi connectivity index (χ2n) is 6.44. The van der Waals surface area contributed by atoms with Crippen molar-refractivity contribution in [2.75, 3.05) is 11.9 Å². The molecule has 0 aliphatic carbocycles. The van der Waals surface area contributed by atoms with Gasteiger partial charge in [0.25, 0.3) is 11.5 Å². The number of para-hydroxylation sites is 2. The van der Waals surface area contributed by atoms with Crippen molar-refractivity contribution in [1.29, 1.82) is 0 Å². The van der Waals surface area contributed by atoms with Crippen molar-refractivity contribution in [2.24, 2.45) is 0 Å². The maximum atomic E-state index is 12.8. The highest BCUT2D eigenvalue weighted by Crippen LogP contribution is 2.24. The van der Waals surface area contributed by atoms with Gasteiger partial charge in [-0.3, -0.25) is 9.59 Å². The minimum absolute atomic E-state index is 0.0502. The number of aliphatic hydroxyl groups is 1. The number of ether oxygens (including phenoxy) is 1. The summed E-state index contributed by atoms with van der Waals surface area (Å²) in [5.74, 6) is -0.861. The summed E-state index contributed by atoms with van der Waals surface area (Å²) < 4.78 is 43.1. The number of halogens is 3. The van der Waals surface area contributed by atoms with Gasteiger partial charge >= 0.3 is 6.18 Å². The molecule has 0 unspecified atom stereocenters. The van der Waals surface area contributed by atoms with Crippen LogP contribution in [0.4, 0.5) is 19.0 Å². The van der Waals surface area contributed by atoms with E-state index in [-0.39, 0.29) is 22.8 Å². The Morgan fingerprint density at radius 3 is 2.61 bits per heavy atom. The predicted octanol–water partition coefficient (Wildman–Crippen LogP) is 2.87. The Kier molecular flexibility index (Phi) is 6.35. The molecular formula is C20H17F3N4O4. The molecule has 2 heterocycles. The van der Waals surface area contributed by atoms with Crippen molar-refractivity contribution in [3.63, 3.8) is 0 Å². The number of rotatable bonds is 6. The van der Waals surface area contributed by atoms with Crippen molar-refractivity contribution >= 4 is 11.7 Å². The van der Waals surface area contributed by atoms with Crippen LogP contribution < -0.4 is 15.6 Å². The normalized spacial score (nSPS) is 12.3. The number of alkyl halides is 3. The minimum atomic E-state index is -4.57. The van der Waals surface area contributed by atoms with Crippen LogP contribution in [0, 0.1) is 0 Å². The predicted molar refractivity (Wildman–Crippen MR) is 104 cm³/mol. The first-order valence-electron chi connectivity index (χ1n) is 8.98. The van der Waals surface area contributed by atoms with Gasteiger partial charge in [0.2, 0.25) is 0 Å². The quantitative estimate of drug-likeness (QED) is 0.618. The summed E-state index contributed by atoms with van der Waals surface area (Å²) >= 11 is 0. The van der Waals surface area contributed by atoms with Crippen LogP contribution >= 0.6 is 0 Å². The van der Waals surface area contributed by atoms with E-state index in [0.29, 0.717) is 5.56 Å². The molecule has 3 rings (SSSR count). The number of carbonyl (C=O) groups excluding carboxylic acids is 1. The number of pyridine rings is 1. The molecule has 0 bridgehead atoms. The van der Waals surface area contributed by atoms with Crippen LogP contribution in [0.15, 0.2) is 59.7 Å². The highest BCUT2D eigenvalue weighted by molar-refractivity contribution is 6.03. The summed E-state index contributed by atoms with van der Waals surface area (Å²) in [6, 6.07) is 9.74. The van der Waals surface area contributed by atoms with Gasteiger partial charge < -0.3 is 15.2 Å². The summed E-state index contributed by atoms with van der Waals surface area (Å²) in [6.07, 6.45) is -2.76. The molecule has 0 spiro atoms. The molecule has 2 aromatic heterocycles. The third kappa shape index (κ3) is 5.45. The molecule has 0 saturated heterocycles. The molecule has 0 aliphatic rings. The van der Waals surface area contributed by atoms with Crippen LogP contribution in [0.2, 0.25) is 0 Å². The summed E-state index contributed by atoms with van der Waals surface area (Å²) in [4.78, 5) is 29.4. The van der Waals surface area contributed by atoms with Crippen LogP contribution in [-0.4, -0.2) is 38.6 Å². The summed E-state index contributed by atoms with van der Waals surface area (Å²) in [5.41, 5.74) is -0.670. The van der Waals surface area contributed by atoms with Gasteiger partial charge in [0.15, 0.2) is 6.61 Å². The number of carbonyl (C=O) groups is 1. The number of benzene rings is 1. The highest BCUT2D eigenvalue weighted by atomic mass is 19.4. The molecule has 162 valence electrons. The number of hydrogen-bond acceptors (Lipinski definition) is 6. The lowest BCUT2D eigenvalue weighted by Crippen LogP contribution is -2.30. The first-order chi connectivity index (χ1) is 14.7. The van der Waals surface area contributed by atoms with E-state index in [1.807, 2.05) is 0 Å². The molecule has 0 saturated carbocycles. The van der Waals surface area contributed by atoms with E-state index in [9.17, 15) is 27.9 Å². The molecule has 8 nitrogen and oxygen atoms in total. The van der Waals surface area contributed by atoms with Gasteiger partial charge in [0.1, 0.15) is 22.8 Å². The average molecular weight is 434 g/mol. The maximum absolute atomic E-state index is 12.8. The Bertz CT molecular complexity index is 1130. The van der Waals surface area contributed by atoms with Crippen LogP contribution in [-0.2, 0) is 0 Å². The molecular weight excluding hydrogens is 417 g/mol. The van der Waals surface area contributed by atoms with E-state index >= 15 is 0 Å². The molecule has 1 atom stereocenters. The third-order valence-electron chi connectivity index (χ3n) is 4.09. The molecule has 1 amide bonds. The minimum Gasteiger partial charge on any atom is -0.482 e. The number of hydrogen-bond donors (Lipinski definition) is 2. The first-order valence-corrected chi connectivity index (χ1v) is 8.98. The molecule has 2 N–H and O–H groups in total. The average Bonchev–Trinajstić information content (AvgIpc) is 2.72. The zero-order chi connectivity index (χ0) is 22.6. The van der Waals surface area contributed by atoms with Gasteiger partial charge in [-0.2, -0.15) is 23.0 Å². The largest absolute Gasteiger partial charge is 0.482 e. The molecule has 3 aromatic rings. The van der Waals surface area contributed by atoms with E-state index in [0.717, 1.165) is 4.68 Å². The monoisotopic (exact) mass is 434 g/mol. The van der Waals surface area contributed by atoms with Crippen molar-refractivity contribution < 1.29 is 27.8 Å². The molecule has 11 heteroatoms. The Morgan fingerprint density at radius 2 is 1.97 bits per heavy atom. The number of anilines is 1. The lowest BCUT2D eigenvalue weighted by atomic mass is 10.2. The first kappa shape index (κ1) is 22.0. The van der Waals surface area contributed by atoms with Crippen LogP contribution in [0.1, 0.15) is 28.9 Å². The molecule has 0 fully saturated rings. The number of aromatic nitrogens is 3. The summed E-state index contributed by atoms with van der Waals surface area (Å²) in [5, 5.41) is 15.8. The van der Waals surface area contributed by atoms with Gasteiger partial charge in [0.05, 0.1) is 6.10 Å². The van der Waals surface area contributed by atoms with Gasteiger partial charge in [-0.1, -0.05) is 18.2 Å². The smallest absolute Gasteiger partial charge is 0.422 e. The maximum Gasteiger partial charge on any atom is 0.422 e. The Balaban J connectivity index is 1.88. The zero-order valence-electron chi connectivity index (χ0n) is 16.1. The number of nitrogens with zero attached hydrogens (tertiary/aromatic N) is 3. The second-order valence-corrected chi connectivity index (χ2v) is 6.44. The lowest BCUT2D eigenvalue weighted by Gasteiger charge is -2.14. The topological polar surface area (TPSA) is 106 Å². The van der Waals surface area contributed by atoms with Crippen LogP contribution in [0.5, 0.6) is 5.75 Å². The van der Waals surface area contributed by atoms with Crippen molar-refractivity contribution in [3.05, 3.63) is 76.3 Å². The Morgan fingerprint density at radius 1 is 1.23 bits per heavy atom. The van der Waals surface area contributed by atoms with E-state index in [2.05, 4.69) is 15.4 Å². The van der Waals surface area contributed by atoms with Crippen molar-refractivity contribution in [3.8, 4) is 11.4 Å². The third-order valence-corrected chi connectivity index (χ3v) is 4.09. The molecule has 1 aromatic carbocycles. The van der Waals surface area contributed by atoms with E-state index in [4.69, 9.17) is 4.74 Å². The van der Waals surface area contributed by atoms with E-state index in [1.165, 1.54) is 48.8 Å². The SMILES string of the molecule is C[C@@H](O)c1ccc(NC(=O)c2ccnn(-c3ccccc3OCC(F)(F)F)c2=O)nc1. The Hall–Kier alpha value is -3.73. The van der Waals surface area contributed by atoms with Crippen molar-refractivity contribution in [1.82, 2.24) is 14.8 Å². The molecule has 0 radical (unpaired) electrons. The van der Waals surface area contributed by atoms with Gasteiger partial charge in [-0.15, -0.1) is 0 Å².